The van der Waals surface area contributed by atoms with Gasteiger partial charge in [-0.1, -0.05) is 70.9 Å². The molecule has 0 fully saturated rings. The van der Waals surface area contributed by atoms with E-state index in [1.165, 1.54) is 26.8 Å². The van der Waals surface area contributed by atoms with Crippen molar-refractivity contribution in [3.63, 3.8) is 0 Å². The Morgan fingerprint density at radius 3 is 1.05 bits per heavy atom. The lowest BCUT2D eigenvalue weighted by Crippen LogP contribution is -2.71. The van der Waals surface area contributed by atoms with Crippen LogP contribution in [-0.2, 0) is 16.0 Å². The molecule has 15 heteroatoms. The highest BCUT2D eigenvalue weighted by atomic mass is 19.2. The average Bonchev–Trinajstić information content (AvgIpc) is 3.13. The fourth-order valence-electron chi connectivity index (χ4n) is 6.17. The summed E-state index contributed by atoms with van der Waals surface area (Å²) in [5.74, 6) is -26.9. The first kappa shape index (κ1) is 42.1. The summed E-state index contributed by atoms with van der Waals surface area (Å²) in [4.78, 5) is 1.56. The van der Waals surface area contributed by atoms with E-state index in [0.717, 1.165) is 23.4 Å². The molecule has 0 spiro atoms. The summed E-state index contributed by atoms with van der Waals surface area (Å²) < 4.78 is 152. The monoisotopic (exact) mass is 789 g/mol. The largest absolute Gasteiger partial charge is 0.459 e. The van der Waals surface area contributed by atoms with Crippen molar-refractivity contribution in [1.29, 1.82) is 0 Å². The summed E-state index contributed by atoms with van der Waals surface area (Å²) in [6, 6.07) is 16.5. The Kier molecular flexibility index (Phi) is 11.1. The number of hydroxylamine groups is 1. The number of hydrogen-bond acceptors (Lipinski definition) is 2. The molecule has 0 aliphatic rings. The molecule has 0 N–H and O–H groups in total. The van der Waals surface area contributed by atoms with Gasteiger partial charge < -0.3 is 4.90 Å². The second-order valence-corrected chi connectivity index (χ2v) is 16.4. The number of aromatic nitrogens is 1. The molecule has 0 bridgehead atoms. The standard InChI is InChI=1S/C41H38BF10N3O/c1-39(2,3)21-10-14-23(15-11-21)54(24-16-12-22(13-17-24)40(4,5)6)25-18-19-26(55(56)41(7,8)9)53(20-25)42(27-29(43)33(47)37(51)34(48)30(27)44)28-31(45)35(49)38(52)36(50)32(28)46/h10-20H,1-9H3/q+1. The SMILES string of the molecule is CC(C)(C)c1ccc(N(c2ccc(C(C)(C)C)cc2)c2ccc(N([O])C(C)(C)C)[n+](B(c3c(F)c(F)c(F)c(F)c3F)c3c(F)c(F)c(F)c(F)c3F)c2)cc1. The van der Waals surface area contributed by atoms with Crippen LogP contribution in [0.15, 0.2) is 66.9 Å². The average molecular weight is 790 g/mol. The fraction of sp³-hybridized carbons (Fsp3) is 0.293. The van der Waals surface area contributed by atoms with E-state index in [0.29, 0.717) is 15.9 Å². The van der Waals surface area contributed by atoms with Crippen LogP contribution >= 0.6 is 0 Å². The number of rotatable bonds is 7. The van der Waals surface area contributed by atoms with Gasteiger partial charge in [0.25, 0.3) is 5.82 Å². The van der Waals surface area contributed by atoms with Gasteiger partial charge in [0.05, 0.1) is 22.8 Å². The molecule has 4 aromatic carbocycles. The Bertz CT molecular complexity index is 2110. The van der Waals surface area contributed by atoms with Crippen molar-refractivity contribution in [3.8, 4) is 0 Å². The summed E-state index contributed by atoms with van der Waals surface area (Å²) in [5, 5.41) is 14.1. The quantitative estimate of drug-likeness (QED) is 0.0541. The zero-order valence-electron chi connectivity index (χ0n) is 32.0. The third-order valence-electron chi connectivity index (χ3n) is 9.31. The van der Waals surface area contributed by atoms with E-state index >= 15 is 17.6 Å². The zero-order chi connectivity index (χ0) is 42.0. The number of nitrogens with zero attached hydrogens (tertiary/aromatic N) is 3. The summed E-state index contributed by atoms with van der Waals surface area (Å²) in [7, 11) is 0. The molecule has 0 aliphatic carbocycles. The van der Waals surface area contributed by atoms with E-state index in [-0.39, 0.29) is 21.6 Å². The molecule has 0 saturated carbocycles. The third-order valence-corrected chi connectivity index (χ3v) is 9.31. The van der Waals surface area contributed by atoms with Crippen LogP contribution in [0.5, 0.6) is 0 Å². The number of anilines is 4. The molecule has 0 aliphatic heterocycles. The Morgan fingerprint density at radius 2 is 0.750 bits per heavy atom. The highest BCUT2D eigenvalue weighted by Gasteiger charge is 2.48. The van der Waals surface area contributed by atoms with Crippen LogP contribution in [0.4, 0.5) is 66.8 Å². The fourth-order valence-corrected chi connectivity index (χ4v) is 6.17. The number of pyridine rings is 1. The van der Waals surface area contributed by atoms with Crippen LogP contribution in [0, 0.1) is 58.2 Å². The van der Waals surface area contributed by atoms with Crippen molar-refractivity contribution in [2.24, 2.45) is 0 Å². The van der Waals surface area contributed by atoms with Crippen LogP contribution in [0.25, 0.3) is 0 Å². The van der Waals surface area contributed by atoms with E-state index < -0.39 is 87.3 Å². The Labute approximate surface area is 318 Å². The maximum absolute atomic E-state index is 15.8. The van der Waals surface area contributed by atoms with Gasteiger partial charge in [-0.3, -0.25) is 4.48 Å². The van der Waals surface area contributed by atoms with Crippen LogP contribution in [0.2, 0.25) is 0 Å². The zero-order valence-corrected chi connectivity index (χ0v) is 32.0. The number of halogens is 10. The first-order valence-electron chi connectivity index (χ1n) is 17.3. The molecule has 56 heavy (non-hydrogen) atoms. The molecule has 295 valence electrons. The summed E-state index contributed by atoms with van der Waals surface area (Å²) >= 11 is 0. The van der Waals surface area contributed by atoms with Gasteiger partial charge in [-0.25, -0.2) is 43.9 Å². The highest BCUT2D eigenvalue weighted by Crippen LogP contribution is 2.37. The van der Waals surface area contributed by atoms with Gasteiger partial charge in [0.1, 0.15) is 5.54 Å². The predicted molar refractivity (Wildman–Crippen MR) is 195 cm³/mol. The lowest BCUT2D eigenvalue weighted by atomic mass is 9.49. The van der Waals surface area contributed by atoms with Gasteiger partial charge in [-0.05, 0) is 73.1 Å². The maximum atomic E-state index is 15.8. The van der Waals surface area contributed by atoms with E-state index in [9.17, 15) is 31.5 Å². The van der Waals surface area contributed by atoms with Crippen LogP contribution < -0.4 is 25.4 Å². The minimum Gasteiger partial charge on any atom is -0.307 e. The smallest absolute Gasteiger partial charge is 0.307 e. The van der Waals surface area contributed by atoms with Gasteiger partial charge in [0, 0.05) is 22.6 Å². The third kappa shape index (κ3) is 7.57. The first-order valence-corrected chi connectivity index (χ1v) is 17.3. The van der Waals surface area contributed by atoms with Crippen LogP contribution in [0.1, 0.15) is 73.4 Å². The molecular formula is C41H38BF10N3O+. The lowest BCUT2D eigenvalue weighted by Gasteiger charge is -2.30. The van der Waals surface area contributed by atoms with Crippen molar-refractivity contribution >= 4 is 40.7 Å². The number of hydrogen-bond donors (Lipinski definition) is 0. The van der Waals surface area contributed by atoms with E-state index in [1.807, 2.05) is 65.8 Å². The topological polar surface area (TPSA) is 30.3 Å². The predicted octanol–water partition coefficient (Wildman–Crippen LogP) is 10.0. The Balaban J connectivity index is 1.97. The van der Waals surface area contributed by atoms with Gasteiger partial charge in [-0.2, -0.15) is 0 Å². The molecule has 1 aromatic heterocycles. The second-order valence-electron chi connectivity index (χ2n) is 16.4. The number of benzene rings is 4. The molecule has 0 atom stereocenters. The van der Waals surface area contributed by atoms with Gasteiger partial charge >= 0.3 is 6.85 Å². The molecule has 5 rings (SSSR count). The molecule has 1 heterocycles. The normalized spacial score (nSPS) is 12.3. The molecule has 0 unspecified atom stereocenters. The lowest BCUT2D eigenvalue weighted by molar-refractivity contribution is -0.522. The summed E-state index contributed by atoms with van der Waals surface area (Å²) in [6.07, 6.45) is 0.905. The molecule has 0 amide bonds. The maximum Gasteiger partial charge on any atom is 0.459 e. The molecule has 4 nitrogen and oxygen atoms in total. The van der Waals surface area contributed by atoms with Crippen molar-refractivity contribution in [2.45, 2.75) is 78.7 Å². The Morgan fingerprint density at radius 1 is 0.446 bits per heavy atom. The highest BCUT2D eigenvalue weighted by molar-refractivity contribution is 6.78. The Hall–Kier alpha value is -5.05. The summed E-state index contributed by atoms with van der Waals surface area (Å²) in [6.45, 7) is 12.9. The molecule has 0 saturated heterocycles. The van der Waals surface area contributed by atoms with Crippen molar-refractivity contribution in [2.75, 3.05) is 9.96 Å². The van der Waals surface area contributed by atoms with Gasteiger partial charge in [0.15, 0.2) is 58.2 Å². The van der Waals surface area contributed by atoms with E-state index in [1.54, 1.807) is 29.2 Å². The van der Waals surface area contributed by atoms with Crippen molar-refractivity contribution in [3.05, 3.63) is 136 Å². The molecular weight excluding hydrogens is 751 g/mol. The molecule has 5 aromatic rings. The summed E-state index contributed by atoms with van der Waals surface area (Å²) in [5.41, 5.74) is -3.37. The van der Waals surface area contributed by atoms with Crippen molar-refractivity contribution in [1.82, 2.24) is 0 Å². The van der Waals surface area contributed by atoms with Crippen LogP contribution in [0.3, 0.4) is 0 Å². The van der Waals surface area contributed by atoms with Gasteiger partial charge in [0.2, 0.25) is 0 Å². The van der Waals surface area contributed by atoms with E-state index in [4.69, 9.17) is 0 Å². The second kappa shape index (κ2) is 14.8. The van der Waals surface area contributed by atoms with E-state index in [2.05, 4.69) is 0 Å². The van der Waals surface area contributed by atoms with Crippen molar-refractivity contribution < 1.29 is 53.6 Å². The van der Waals surface area contributed by atoms with Crippen LogP contribution in [-0.4, -0.2) is 12.4 Å². The van der Waals surface area contributed by atoms with Gasteiger partial charge in [-0.15, -0.1) is 0 Å². The minimum atomic E-state index is -3.06. The minimum absolute atomic E-state index is 0.0270. The molecule has 1 radical (unpaired) electrons. The first-order chi connectivity index (χ1) is 25.8.